The van der Waals surface area contributed by atoms with Crippen LogP contribution in [0.4, 0.5) is 4.39 Å². The molecular weight excluding hydrogens is 331 g/mol. The third kappa shape index (κ3) is 3.17. The number of carbonyl (C=O) groups excluding carboxylic acids is 1. The molecule has 0 unspecified atom stereocenters. The number of hydrogen-bond acceptors (Lipinski definition) is 4. The number of nitrogens with one attached hydrogen (secondary N) is 1. The van der Waals surface area contributed by atoms with Crippen molar-refractivity contribution >= 4 is 21.8 Å². The molecule has 0 fully saturated rings. The van der Waals surface area contributed by atoms with Crippen molar-refractivity contribution < 1.29 is 18.3 Å². The summed E-state index contributed by atoms with van der Waals surface area (Å²) in [7, 11) is 0. The lowest BCUT2D eigenvalue weighted by Gasteiger charge is -2.05. The number of rotatable bonds is 4. The summed E-state index contributed by atoms with van der Waals surface area (Å²) in [4.78, 5) is 11.4. The van der Waals surface area contributed by atoms with Crippen LogP contribution in [0.2, 0.25) is 0 Å². The first-order valence-corrected chi connectivity index (χ1v) is 6.48. The van der Waals surface area contributed by atoms with E-state index < -0.39 is 11.7 Å². The first-order valence-electron chi connectivity index (χ1n) is 5.69. The molecule has 0 saturated carbocycles. The number of ether oxygens (including phenoxy) is 1. The Bertz CT molecular complexity index is 643. The highest BCUT2D eigenvalue weighted by atomic mass is 79.9. The molecule has 0 aliphatic heterocycles. The van der Waals surface area contributed by atoms with Gasteiger partial charge in [0.15, 0.2) is 17.3 Å². The number of carbonyl (C=O) groups is 1. The van der Waals surface area contributed by atoms with E-state index in [0.717, 1.165) is 0 Å². The molecular formula is C13H12BrFN2O3. The van der Waals surface area contributed by atoms with Gasteiger partial charge in [0.25, 0.3) is 0 Å². The predicted molar refractivity (Wildman–Crippen MR) is 73.5 cm³/mol. The molecule has 5 nitrogen and oxygen atoms in total. The third-order valence-corrected chi connectivity index (χ3v) is 3.06. The third-order valence-electron chi connectivity index (χ3n) is 2.57. The minimum atomic E-state index is -0.524. The van der Waals surface area contributed by atoms with E-state index in [1.54, 1.807) is 19.1 Å². The first kappa shape index (κ1) is 14.5. The van der Waals surface area contributed by atoms with Crippen LogP contribution in [0.3, 0.4) is 0 Å². The van der Waals surface area contributed by atoms with Crippen molar-refractivity contribution in [3.05, 3.63) is 51.6 Å². The second kappa shape index (κ2) is 6.06. The molecule has 1 amide bonds. The van der Waals surface area contributed by atoms with E-state index >= 15 is 0 Å². The molecule has 0 atom stereocenters. The van der Waals surface area contributed by atoms with Crippen LogP contribution in [0.15, 0.2) is 33.2 Å². The van der Waals surface area contributed by atoms with Crippen molar-refractivity contribution in [3.63, 3.8) is 0 Å². The van der Waals surface area contributed by atoms with Crippen LogP contribution >= 0.6 is 15.9 Å². The van der Waals surface area contributed by atoms with Crippen molar-refractivity contribution in [1.82, 2.24) is 5.43 Å². The summed E-state index contributed by atoms with van der Waals surface area (Å²) in [6.07, 6.45) is 0. The van der Waals surface area contributed by atoms with Gasteiger partial charge in [-0.15, -0.1) is 0 Å². The van der Waals surface area contributed by atoms with Gasteiger partial charge in [-0.25, -0.2) is 10.2 Å². The van der Waals surface area contributed by atoms with Crippen molar-refractivity contribution in [2.45, 2.75) is 13.5 Å². The lowest BCUT2D eigenvalue weighted by atomic mass is 10.2. The predicted octanol–water partition coefficient (Wildman–Crippen LogP) is 2.67. The molecule has 1 heterocycles. The largest absolute Gasteiger partial charge is 0.483 e. The maximum Gasteiger partial charge on any atom is 0.301 e. The first-order chi connectivity index (χ1) is 9.51. The molecule has 3 N–H and O–H groups in total. The molecule has 7 heteroatoms. The maximum absolute atomic E-state index is 13.6. The molecule has 20 heavy (non-hydrogen) atoms. The molecule has 1 aromatic heterocycles. The minimum absolute atomic E-state index is 0.0112. The molecule has 0 aliphatic rings. The molecule has 1 aromatic carbocycles. The Morgan fingerprint density at radius 2 is 2.25 bits per heavy atom. The highest BCUT2D eigenvalue weighted by molar-refractivity contribution is 9.10. The molecule has 0 spiro atoms. The maximum atomic E-state index is 13.6. The standard InChI is InChI=1S/C13H12BrFN2O3/c1-7-4-9(20-12(7)13(18)17-16)6-19-11-3-2-8(14)5-10(11)15/h2-5H,6,16H2,1H3,(H,17,18). The summed E-state index contributed by atoms with van der Waals surface area (Å²) < 4.78 is 24.8. The van der Waals surface area contributed by atoms with E-state index in [0.29, 0.717) is 15.8 Å². The van der Waals surface area contributed by atoms with E-state index in [1.807, 2.05) is 5.43 Å². The number of furan rings is 1. The Morgan fingerprint density at radius 3 is 2.90 bits per heavy atom. The molecule has 106 valence electrons. The Labute approximate surface area is 123 Å². The number of nitrogen functional groups attached to an aromatic ring is 1. The zero-order valence-corrected chi connectivity index (χ0v) is 12.2. The van der Waals surface area contributed by atoms with E-state index in [4.69, 9.17) is 15.0 Å². The van der Waals surface area contributed by atoms with Crippen LogP contribution in [-0.4, -0.2) is 5.91 Å². The highest BCUT2D eigenvalue weighted by Crippen LogP contribution is 2.23. The fourth-order valence-corrected chi connectivity index (χ4v) is 1.98. The molecule has 2 rings (SSSR count). The SMILES string of the molecule is Cc1cc(COc2ccc(Br)cc2F)oc1C(=O)NN. The van der Waals surface area contributed by atoms with Crippen molar-refractivity contribution in [2.75, 3.05) is 0 Å². The summed E-state index contributed by atoms with van der Waals surface area (Å²) in [5, 5.41) is 0. The van der Waals surface area contributed by atoms with Crippen LogP contribution in [0.25, 0.3) is 0 Å². The number of halogens is 2. The topological polar surface area (TPSA) is 77.5 Å². The van der Waals surface area contributed by atoms with Gasteiger partial charge in [-0.2, -0.15) is 0 Å². The van der Waals surface area contributed by atoms with Gasteiger partial charge in [0.2, 0.25) is 0 Å². The van der Waals surface area contributed by atoms with E-state index in [1.165, 1.54) is 12.1 Å². The van der Waals surface area contributed by atoms with Crippen molar-refractivity contribution in [1.29, 1.82) is 0 Å². The van der Waals surface area contributed by atoms with Gasteiger partial charge in [-0.3, -0.25) is 10.2 Å². The fraction of sp³-hybridized carbons (Fsp3) is 0.154. The number of nitrogens with two attached hydrogens (primary N) is 1. The quantitative estimate of drug-likeness (QED) is 0.508. The average molecular weight is 343 g/mol. The molecule has 2 aromatic rings. The number of benzene rings is 1. The Morgan fingerprint density at radius 1 is 1.50 bits per heavy atom. The van der Waals surface area contributed by atoms with E-state index in [2.05, 4.69) is 15.9 Å². The summed E-state index contributed by atoms with van der Waals surface area (Å²) in [5.41, 5.74) is 2.61. The highest BCUT2D eigenvalue weighted by Gasteiger charge is 2.15. The van der Waals surface area contributed by atoms with Crippen LogP contribution in [0.1, 0.15) is 21.9 Å². The Balaban J connectivity index is 2.09. The number of hydrogen-bond donors (Lipinski definition) is 2. The van der Waals surface area contributed by atoms with Gasteiger partial charge in [0, 0.05) is 10.0 Å². The zero-order valence-electron chi connectivity index (χ0n) is 10.6. The molecule has 0 saturated heterocycles. The van der Waals surface area contributed by atoms with Gasteiger partial charge >= 0.3 is 5.91 Å². The van der Waals surface area contributed by atoms with Crippen LogP contribution in [0, 0.1) is 12.7 Å². The Hall–Kier alpha value is -1.86. The Kier molecular flexibility index (Phi) is 4.41. The summed E-state index contributed by atoms with van der Waals surface area (Å²) >= 11 is 3.16. The molecule has 0 bridgehead atoms. The second-order valence-corrected chi connectivity index (χ2v) is 4.98. The number of hydrazine groups is 1. The van der Waals surface area contributed by atoms with E-state index in [-0.39, 0.29) is 18.1 Å². The lowest BCUT2D eigenvalue weighted by Crippen LogP contribution is -2.30. The summed E-state index contributed by atoms with van der Waals surface area (Å²) in [6.45, 7) is 1.72. The van der Waals surface area contributed by atoms with Gasteiger partial charge < -0.3 is 9.15 Å². The van der Waals surface area contributed by atoms with E-state index in [9.17, 15) is 9.18 Å². The minimum Gasteiger partial charge on any atom is -0.483 e. The van der Waals surface area contributed by atoms with Gasteiger partial charge in [-0.05, 0) is 31.2 Å². The van der Waals surface area contributed by atoms with Crippen LogP contribution in [-0.2, 0) is 6.61 Å². The normalized spacial score (nSPS) is 10.4. The van der Waals surface area contributed by atoms with Gasteiger partial charge in [0.05, 0.1) is 0 Å². The van der Waals surface area contributed by atoms with Crippen molar-refractivity contribution in [2.24, 2.45) is 5.84 Å². The monoisotopic (exact) mass is 342 g/mol. The zero-order chi connectivity index (χ0) is 14.7. The van der Waals surface area contributed by atoms with Gasteiger partial charge in [-0.1, -0.05) is 15.9 Å². The molecule has 0 aliphatic carbocycles. The summed E-state index contributed by atoms with van der Waals surface area (Å²) in [5.74, 6) is 4.65. The van der Waals surface area contributed by atoms with Crippen LogP contribution < -0.4 is 16.0 Å². The molecule has 0 radical (unpaired) electrons. The lowest BCUT2D eigenvalue weighted by molar-refractivity contribution is 0.0921. The van der Waals surface area contributed by atoms with Crippen molar-refractivity contribution in [3.8, 4) is 5.75 Å². The fourth-order valence-electron chi connectivity index (χ4n) is 1.65. The average Bonchev–Trinajstić information content (AvgIpc) is 2.78. The van der Waals surface area contributed by atoms with Gasteiger partial charge in [0.1, 0.15) is 12.4 Å². The smallest absolute Gasteiger partial charge is 0.301 e. The second-order valence-electron chi connectivity index (χ2n) is 4.06. The number of aryl methyl sites for hydroxylation is 1. The summed E-state index contributed by atoms with van der Waals surface area (Å²) in [6, 6.07) is 6.11. The van der Waals surface area contributed by atoms with Crippen LogP contribution in [0.5, 0.6) is 5.75 Å². The number of amides is 1.